The van der Waals surface area contributed by atoms with Crippen molar-refractivity contribution in [3.8, 4) is 0 Å². The number of halogens is 1. The topological polar surface area (TPSA) is 12.0 Å². The second-order valence-electron chi connectivity index (χ2n) is 5.73. The van der Waals surface area contributed by atoms with E-state index in [1.807, 2.05) is 19.1 Å². The first kappa shape index (κ1) is 14.2. The van der Waals surface area contributed by atoms with Crippen LogP contribution >= 0.6 is 0 Å². The number of rotatable bonds is 5. The fraction of sp³-hybridized carbons (Fsp3) is 0.600. The Morgan fingerprint density at radius 3 is 2.53 bits per heavy atom. The van der Waals surface area contributed by atoms with Crippen LogP contribution in [0.5, 0.6) is 0 Å². The zero-order valence-corrected chi connectivity index (χ0v) is 11.4. The van der Waals surface area contributed by atoms with Gasteiger partial charge in [-0.2, -0.15) is 0 Å². The lowest BCUT2D eigenvalue weighted by molar-refractivity contribution is 0.418. The highest BCUT2D eigenvalue weighted by atomic mass is 19.1. The van der Waals surface area contributed by atoms with Gasteiger partial charge in [0.1, 0.15) is 5.82 Å². The molecule has 0 aliphatic heterocycles. The van der Waals surface area contributed by atoms with Gasteiger partial charge in [0.05, 0.1) is 0 Å². The summed E-state index contributed by atoms with van der Waals surface area (Å²) in [7, 11) is 0. The molecule has 0 fully saturated rings. The monoisotopic (exact) mass is 237 g/mol. The molecule has 0 aromatic heterocycles. The predicted molar refractivity (Wildman–Crippen MR) is 71.8 cm³/mol. The molecule has 2 heteroatoms. The van der Waals surface area contributed by atoms with Gasteiger partial charge in [0, 0.05) is 5.54 Å². The van der Waals surface area contributed by atoms with Crippen molar-refractivity contribution in [1.29, 1.82) is 0 Å². The summed E-state index contributed by atoms with van der Waals surface area (Å²) in [5, 5.41) is 3.44. The van der Waals surface area contributed by atoms with Gasteiger partial charge in [0.15, 0.2) is 0 Å². The van der Waals surface area contributed by atoms with Gasteiger partial charge in [0.25, 0.3) is 0 Å². The van der Waals surface area contributed by atoms with Gasteiger partial charge >= 0.3 is 0 Å². The van der Waals surface area contributed by atoms with Crippen LogP contribution in [0.1, 0.15) is 44.7 Å². The molecule has 1 aromatic rings. The molecular weight excluding hydrogens is 213 g/mol. The number of unbranched alkanes of at least 4 members (excludes halogenated alkanes) is 1. The lowest BCUT2D eigenvalue weighted by Gasteiger charge is -2.20. The SMILES string of the molecule is Cc1ccc(F)c(CCCCNC(C)(C)C)c1. The van der Waals surface area contributed by atoms with E-state index in [0.717, 1.165) is 36.9 Å². The van der Waals surface area contributed by atoms with Crippen molar-refractivity contribution < 1.29 is 4.39 Å². The summed E-state index contributed by atoms with van der Waals surface area (Å²) < 4.78 is 13.5. The van der Waals surface area contributed by atoms with Crippen LogP contribution in [0.15, 0.2) is 18.2 Å². The van der Waals surface area contributed by atoms with E-state index in [9.17, 15) is 4.39 Å². The van der Waals surface area contributed by atoms with Crippen molar-refractivity contribution in [3.63, 3.8) is 0 Å². The average molecular weight is 237 g/mol. The van der Waals surface area contributed by atoms with Crippen LogP contribution in [0, 0.1) is 12.7 Å². The van der Waals surface area contributed by atoms with Crippen molar-refractivity contribution in [2.45, 2.75) is 52.5 Å². The van der Waals surface area contributed by atoms with Gasteiger partial charge in [-0.15, -0.1) is 0 Å². The third kappa shape index (κ3) is 5.83. The summed E-state index contributed by atoms with van der Waals surface area (Å²) in [4.78, 5) is 0. The molecule has 0 radical (unpaired) electrons. The van der Waals surface area contributed by atoms with E-state index in [0.29, 0.717) is 0 Å². The van der Waals surface area contributed by atoms with Crippen LogP contribution in [0.25, 0.3) is 0 Å². The standard InChI is InChI=1S/C15H24FN/c1-12-8-9-14(16)13(11-12)7-5-6-10-17-15(2,3)4/h8-9,11,17H,5-7,10H2,1-4H3. The maximum atomic E-state index is 13.5. The Bertz CT molecular complexity index is 352. The first-order chi connectivity index (χ1) is 7.88. The fourth-order valence-electron chi connectivity index (χ4n) is 1.80. The van der Waals surface area contributed by atoms with Gasteiger partial charge in [0.2, 0.25) is 0 Å². The molecule has 0 saturated heterocycles. The highest BCUT2D eigenvalue weighted by molar-refractivity contribution is 5.24. The predicted octanol–water partition coefficient (Wildman–Crippen LogP) is 3.84. The van der Waals surface area contributed by atoms with Crippen LogP contribution < -0.4 is 5.32 Å². The van der Waals surface area contributed by atoms with E-state index in [-0.39, 0.29) is 11.4 Å². The molecule has 0 unspecified atom stereocenters. The van der Waals surface area contributed by atoms with E-state index in [4.69, 9.17) is 0 Å². The second-order valence-corrected chi connectivity index (χ2v) is 5.73. The number of nitrogens with one attached hydrogen (secondary N) is 1. The first-order valence-electron chi connectivity index (χ1n) is 6.38. The van der Waals surface area contributed by atoms with Crippen LogP contribution in [0.4, 0.5) is 4.39 Å². The molecule has 0 heterocycles. The molecule has 1 aromatic carbocycles. The van der Waals surface area contributed by atoms with E-state index in [1.54, 1.807) is 6.07 Å². The van der Waals surface area contributed by atoms with E-state index >= 15 is 0 Å². The molecule has 0 spiro atoms. The maximum absolute atomic E-state index is 13.5. The number of aryl methyl sites for hydroxylation is 2. The van der Waals surface area contributed by atoms with Gasteiger partial charge in [-0.05, 0) is 65.1 Å². The van der Waals surface area contributed by atoms with Crippen LogP contribution in [0.3, 0.4) is 0 Å². The Balaban J connectivity index is 2.29. The van der Waals surface area contributed by atoms with Crippen molar-refractivity contribution in [3.05, 3.63) is 35.1 Å². The van der Waals surface area contributed by atoms with Crippen LogP contribution in [-0.2, 0) is 6.42 Å². The van der Waals surface area contributed by atoms with Gasteiger partial charge in [-0.1, -0.05) is 17.7 Å². The minimum Gasteiger partial charge on any atom is -0.312 e. The molecule has 0 aliphatic rings. The van der Waals surface area contributed by atoms with Crippen molar-refractivity contribution in [2.75, 3.05) is 6.54 Å². The van der Waals surface area contributed by atoms with Crippen LogP contribution in [0.2, 0.25) is 0 Å². The molecule has 0 bridgehead atoms. The molecule has 0 saturated carbocycles. The summed E-state index contributed by atoms with van der Waals surface area (Å²) in [5.41, 5.74) is 2.16. The molecule has 17 heavy (non-hydrogen) atoms. The minimum atomic E-state index is -0.0700. The second kappa shape index (κ2) is 6.15. The maximum Gasteiger partial charge on any atom is 0.126 e. The van der Waals surface area contributed by atoms with Crippen molar-refractivity contribution in [1.82, 2.24) is 5.32 Å². The highest BCUT2D eigenvalue weighted by Crippen LogP contribution is 2.13. The van der Waals surface area contributed by atoms with E-state index < -0.39 is 0 Å². The molecule has 0 atom stereocenters. The summed E-state index contributed by atoms with van der Waals surface area (Å²) in [6.45, 7) is 9.48. The van der Waals surface area contributed by atoms with E-state index in [2.05, 4.69) is 26.1 Å². The molecule has 0 amide bonds. The minimum absolute atomic E-state index is 0.0700. The summed E-state index contributed by atoms with van der Waals surface area (Å²) in [6, 6.07) is 5.34. The number of hydrogen-bond donors (Lipinski definition) is 1. The lowest BCUT2D eigenvalue weighted by atomic mass is 10.0. The summed E-state index contributed by atoms with van der Waals surface area (Å²) >= 11 is 0. The number of hydrogen-bond acceptors (Lipinski definition) is 1. The largest absolute Gasteiger partial charge is 0.312 e. The van der Waals surface area contributed by atoms with Crippen molar-refractivity contribution in [2.24, 2.45) is 0 Å². The Morgan fingerprint density at radius 1 is 1.18 bits per heavy atom. The number of benzene rings is 1. The summed E-state index contributed by atoms with van der Waals surface area (Å²) in [5.74, 6) is -0.0700. The quantitative estimate of drug-likeness (QED) is 0.767. The molecule has 1 nitrogen and oxygen atoms in total. The van der Waals surface area contributed by atoms with Crippen LogP contribution in [-0.4, -0.2) is 12.1 Å². The fourth-order valence-corrected chi connectivity index (χ4v) is 1.80. The van der Waals surface area contributed by atoms with Gasteiger partial charge < -0.3 is 5.32 Å². The third-order valence-corrected chi connectivity index (χ3v) is 2.73. The Morgan fingerprint density at radius 2 is 1.88 bits per heavy atom. The molecule has 1 N–H and O–H groups in total. The van der Waals surface area contributed by atoms with Gasteiger partial charge in [-0.3, -0.25) is 0 Å². The Labute approximate surface area is 104 Å². The molecule has 96 valence electrons. The normalized spacial score (nSPS) is 11.8. The Hall–Kier alpha value is -0.890. The average Bonchev–Trinajstić information content (AvgIpc) is 2.21. The lowest BCUT2D eigenvalue weighted by Crippen LogP contribution is -2.36. The molecular formula is C15H24FN. The third-order valence-electron chi connectivity index (χ3n) is 2.73. The smallest absolute Gasteiger partial charge is 0.126 e. The zero-order chi connectivity index (χ0) is 12.9. The molecule has 1 rings (SSSR count). The highest BCUT2D eigenvalue weighted by Gasteiger charge is 2.07. The molecule has 0 aliphatic carbocycles. The first-order valence-corrected chi connectivity index (χ1v) is 6.38. The summed E-state index contributed by atoms with van der Waals surface area (Å²) in [6.07, 6.45) is 2.95. The Kier molecular flexibility index (Phi) is 5.13. The van der Waals surface area contributed by atoms with Crippen molar-refractivity contribution >= 4 is 0 Å². The van der Waals surface area contributed by atoms with E-state index in [1.165, 1.54) is 0 Å². The van der Waals surface area contributed by atoms with Gasteiger partial charge in [-0.25, -0.2) is 4.39 Å². The zero-order valence-electron chi connectivity index (χ0n) is 11.4.